The molecular weight excluding hydrogens is 224 g/mol. The minimum Gasteiger partial charge on any atom is -0.356 e. The highest BCUT2D eigenvalue weighted by molar-refractivity contribution is 5.76. The normalized spacial score (nSPS) is 26.1. The molecule has 0 aromatic rings. The van der Waals surface area contributed by atoms with Gasteiger partial charge in [-0.25, -0.2) is 0 Å². The lowest BCUT2D eigenvalue weighted by Crippen LogP contribution is -2.32. The average molecular weight is 254 g/mol. The molecule has 3 N–H and O–H groups in total. The standard InChI is InChI=1S/C15H30N2O/c1-11(2)12(3)10-17-15(18)8-13-4-6-14(9-16)7-5-13/h11-14H,4-10,16H2,1-3H3,(H,17,18). The lowest BCUT2D eigenvalue weighted by Gasteiger charge is -2.27. The number of hydrogen-bond acceptors (Lipinski definition) is 2. The van der Waals surface area contributed by atoms with Crippen LogP contribution in [0.2, 0.25) is 0 Å². The molecule has 0 spiro atoms. The molecule has 3 heteroatoms. The van der Waals surface area contributed by atoms with Gasteiger partial charge < -0.3 is 11.1 Å². The summed E-state index contributed by atoms with van der Waals surface area (Å²) in [6.45, 7) is 8.21. The number of amides is 1. The second-order valence-electron chi connectivity index (χ2n) is 6.35. The van der Waals surface area contributed by atoms with Crippen LogP contribution < -0.4 is 11.1 Å². The predicted molar refractivity (Wildman–Crippen MR) is 76.1 cm³/mol. The van der Waals surface area contributed by atoms with Crippen LogP contribution in [0.15, 0.2) is 0 Å². The molecule has 3 nitrogen and oxygen atoms in total. The summed E-state index contributed by atoms with van der Waals surface area (Å²) in [4.78, 5) is 11.9. The third-order valence-electron chi connectivity index (χ3n) is 4.53. The Hall–Kier alpha value is -0.570. The van der Waals surface area contributed by atoms with Gasteiger partial charge in [0.15, 0.2) is 0 Å². The van der Waals surface area contributed by atoms with Crippen molar-refractivity contribution in [2.75, 3.05) is 13.1 Å². The van der Waals surface area contributed by atoms with E-state index < -0.39 is 0 Å². The molecule has 0 aliphatic heterocycles. The van der Waals surface area contributed by atoms with Crippen LogP contribution in [0.1, 0.15) is 52.9 Å². The van der Waals surface area contributed by atoms with Crippen LogP contribution in [0.3, 0.4) is 0 Å². The van der Waals surface area contributed by atoms with E-state index in [1.54, 1.807) is 0 Å². The monoisotopic (exact) mass is 254 g/mol. The third kappa shape index (κ3) is 5.38. The van der Waals surface area contributed by atoms with Crippen molar-refractivity contribution in [1.29, 1.82) is 0 Å². The van der Waals surface area contributed by atoms with E-state index in [2.05, 4.69) is 26.1 Å². The molecule has 0 bridgehead atoms. The van der Waals surface area contributed by atoms with Gasteiger partial charge in [-0.15, -0.1) is 0 Å². The van der Waals surface area contributed by atoms with Crippen LogP contribution in [-0.4, -0.2) is 19.0 Å². The SMILES string of the molecule is CC(C)C(C)CNC(=O)CC1CCC(CN)CC1. The van der Waals surface area contributed by atoms with Crippen LogP contribution >= 0.6 is 0 Å². The summed E-state index contributed by atoms with van der Waals surface area (Å²) in [5, 5.41) is 3.07. The van der Waals surface area contributed by atoms with Gasteiger partial charge in [0, 0.05) is 13.0 Å². The maximum atomic E-state index is 11.9. The topological polar surface area (TPSA) is 55.1 Å². The van der Waals surface area contributed by atoms with Crippen molar-refractivity contribution in [2.45, 2.75) is 52.9 Å². The van der Waals surface area contributed by atoms with Gasteiger partial charge in [-0.3, -0.25) is 4.79 Å². The molecule has 18 heavy (non-hydrogen) atoms. The maximum absolute atomic E-state index is 11.9. The van der Waals surface area contributed by atoms with E-state index in [0.717, 1.165) is 13.1 Å². The zero-order valence-electron chi connectivity index (χ0n) is 12.2. The molecule has 1 unspecified atom stereocenters. The minimum absolute atomic E-state index is 0.235. The van der Waals surface area contributed by atoms with E-state index in [0.29, 0.717) is 30.1 Å². The molecule has 0 radical (unpaired) electrons. The summed E-state index contributed by atoms with van der Waals surface area (Å²) in [6.07, 6.45) is 5.47. The van der Waals surface area contributed by atoms with E-state index in [-0.39, 0.29) is 5.91 Å². The van der Waals surface area contributed by atoms with Crippen molar-refractivity contribution in [2.24, 2.45) is 29.4 Å². The molecule has 1 saturated carbocycles. The molecular formula is C15H30N2O. The third-order valence-corrected chi connectivity index (χ3v) is 4.53. The Balaban J connectivity index is 2.17. The molecule has 1 amide bonds. The second kappa shape index (κ2) is 7.78. The van der Waals surface area contributed by atoms with Gasteiger partial charge in [0.25, 0.3) is 0 Å². The first-order chi connectivity index (χ1) is 8.52. The van der Waals surface area contributed by atoms with Crippen LogP contribution in [-0.2, 0) is 4.79 Å². The van der Waals surface area contributed by atoms with Gasteiger partial charge in [-0.05, 0) is 55.9 Å². The molecule has 1 rings (SSSR count). The quantitative estimate of drug-likeness (QED) is 0.765. The lowest BCUT2D eigenvalue weighted by molar-refractivity contribution is -0.122. The van der Waals surface area contributed by atoms with Gasteiger partial charge in [0.1, 0.15) is 0 Å². The summed E-state index contributed by atoms with van der Waals surface area (Å²) in [6, 6.07) is 0. The molecule has 0 aromatic heterocycles. The molecule has 1 atom stereocenters. The Labute approximate surface area is 112 Å². The molecule has 1 aliphatic rings. The van der Waals surface area contributed by atoms with Crippen LogP contribution in [0, 0.1) is 23.7 Å². The van der Waals surface area contributed by atoms with Gasteiger partial charge in [0.2, 0.25) is 5.91 Å². The Morgan fingerprint density at radius 1 is 1.17 bits per heavy atom. The molecule has 1 aliphatic carbocycles. The summed E-state index contributed by atoms with van der Waals surface area (Å²) in [5.41, 5.74) is 5.68. The lowest BCUT2D eigenvalue weighted by atomic mass is 9.80. The average Bonchev–Trinajstić information content (AvgIpc) is 2.36. The van der Waals surface area contributed by atoms with Crippen molar-refractivity contribution in [3.05, 3.63) is 0 Å². The number of rotatable bonds is 6. The largest absolute Gasteiger partial charge is 0.356 e. The zero-order valence-corrected chi connectivity index (χ0v) is 12.2. The van der Waals surface area contributed by atoms with Gasteiger partial charge in [-0.2, -0.15) is 0 Å². The number of nitrogens with one attached hydrogen (secondary N) is 1. The fourth-order valence-electron chi connectivity index (χ4n) is 2.52. The maximum Gasteiger partial charge on any atom is 0.220 e. The van der Waals surface area contributed by atoms with Crippen molar-refractivity contribution >= 4 is 5.91 Å². The highest BCUT2D eigenvalue weighted by Crippen LogP contribution is 2.30. The molecule has 1 fully saturated rings. The van der Waals surface area contributed by atoms with Gasteiger partial charge in [0.05, 0.1) is 0 Å². The van der Waals surface area contributed by atoms with Crippen molar-refractivity contribution in [3.8, 4) is 0 Å². The van der Waals surface area contributed by atoms with Crippen molar-refractivity contribution < 1.29 is 4.79 Å². The fraction of sp³-hybridized carbons (Fsp3) is 0.933. The number of nitrogens with two attached hydrogens (primary N) is 1. The van der Waals surface area contributed by atoms with E-state index >= 15 is 0 Å². The van der Waals surface area contributed by atoms with E-state index in [1.807, 2.05) is 0 Å². The number of hydrogen-bond donors (Lipinski definition) is 2. The first-order valence-electron chi connectivity index (χ1n) is 7.49. The van der Waals surface area contributed by atoms with Gasteiger partial charge >= 0.3 is 0 Å². The fourth-order valence-corrected chi connectivity index (χ4v) is 2.52. The second-order valence-corrected chi connectivity index (χ2v) is 6.35. The van der Waals surface area contributed by atoms with Crippen LogP contribution in [0.25, 0.3) is 0 Å². The van der Waals surface area contributed by atoms with Crippen LogP contribution in [0.5, 0.6) is 0 Å². The highest BCUT2D eigenvalue weighted by atomic mass is 16.1. The first kappa shape index (κ1) is 15.5. The summed E-state index contributed by atoms with van der Waals surface area (Å²) in [7, 11) is 0. The smallest absolute Gasteiger partial charge is 0.220 e. The zero-order chi connectivity index (χ0) is 13.5. The molecule has 106 valence electrons. The minimum atomic E-state index is 0.235. The summed E-state index contributed by atoms with van der Waals surface area (Å²) < 4.78 is 0. The highest BCUT2D eigenvalue weighted by Gasteiger charge is 2.22. The summed E-state index contributed by atoms with van der Waals surface area (Å²) in [5.74, 6) is 2.71. The predicted octanol–water partition coefficient (Wildman–Crippen LogP) is 2.55. The molecule has 0 heterocycles. The molecule has 0 aromatic carbocycles. The Morgan fingerprint density at radius 2 is 1.72 bits per heavy atom. The van der Waals surface area contributed by atoms with E-state index in [4.69, 9.17) is 5.73 Å². The van der Waals surface area contributed by atoms with Crippen LogP contribution in [0.4, 0.5) is 0 Å². The van der Waals surface area contributed by atoms with Crippen molar-refractivity contribution in [3.63, 3.8) is 0 Å². The number of carbonyl (C=O) groups excluding carboxylic acids is 1. The molecule has 0 saturated heterocycles. The van der Waals surface area contributed by atoms with Crippen molar-refractivity contribution in [1.82, 2.24) is 5.32 Å². The Bertz CT molecular complexity index is 245. The summed E-state index contributed by atoms with van der Waals surface area (Å²) >= 11 is 0. The van der Waals surface area contributed by atoms with Gasteiger partial charge in [-0.1, -0.05) is 20.8 Å². The Kier molecular flexibility index (Phi) is 6.69. The van der Waals surface area contributed by atoms with E-state index in [9.17, 15) is 4.79 Å². The Morgan fingerprint density at radius 3 is 2.22 bits per heavy atom. The first-order valence-corrected chi connectivity index (χ1v) is 7.49. The number of carbonyl (C=O) groups is 1. The van der Waals surface area contributed by atoms with E-state index in [1.165, 1.54) is 25.7 Å².